The fourth-order valence-electron chi connectivity index (χ4n) is 2.68. The Morgan fingerprint density at radius 1 is 1.28 bits per heavy atom. The lowest BCUT2D eigenvalue weighted by molar-refractivity contribution is 0.0920. The Kier molecular flexibility index (Phi) is 5.02. The Morgan fingerprint density at radius 2 is 2.12 bits per heavy atom. The van der Waals surface area contributed by atoms with E-state index in [4.69, 9.17) is 9.15 Å². The molecule has 0 aliphatic heterocycles. The maximum absolute atomic E-state index is 12.4. The Hall–Kier alpha value is -2.83. The number of nitrogens with one attached hydrogen (secondary N) is 1. The molecule has 0 radical (unpaired) electrons. The molecule has 0 saturated heterocycles. The molecule has 2 heterocycles. The van der Waals surface area contributed by atoms with E-state index >= 15 is 0 Å². The maximum Gasteiger partial charge on any atom is 0.287 e. The number of amides is 1. The van der Waals surface area contributed by atoms with Crippen molar-refractivity contribution in [1.29, 1.82) is 0 Å². The highest BCUT2D eigenvalue weighted by atomic mass is 16.6. The lowest BCUT2D eigenvalue weighted by Gasteiger charge is -2.04. The second-order valence-electron chi connectivity index (χ2n) is 5.90. The fraction of sp³-hybridized carbons (Fsp3) is 0.389. The van der Waals surface area contributed by atoms with Crippen LogP contribution in [-0.4, -0.2) is 29.4 Å². The third kappa shape index (κ3) is 3.65. The minimum absolute atomic E-state index is 0.260. The van der Waals surface area contributed by atoms with Crippen LogP contribution in [0, 0.1) is 13.8 Å². The van der Waals surface area contributed by atoms with Crippen molar-refractivity contribution in [2.24, 2.45) is 0 Å². The van der Waals surface area contributed by atoms with Gasteiger partial charge in [-0.15, -0.1) is 0 Å². The first-order valence-corrected chi connectivity index (χ1v) is 8.32. The van der Waals surface area contributed by atoms with Gasteiger partial charge in [0.2, 0.25) is 0 Å². The first-order valence-electron chi connectivity index (χ1n) is 8.32. The van der Waals surface area contributed by atoms with Gasteiger partial charge in [0.15, 0.2) is 5.76 Å². The van der Waals surface area contributed by atoms with Crippen LogP contribution in [0.2, 0.25) is 0 Å². The molecule has 3 rings (SSSR count). The average molecular weight is 343 g/mol. The summed E-state index contributed by atoms with van der Waals surface area (Å²) >= 11 is 0. The molecule has 0 bridgehead atoms. The summed E-state index contributed by atoms with van der Waals surface area (Å²) in [7, 11) is 0. The number of ether oxygens (including phenoxy) is 1. The molecule has 0 spiro atoms. The van der Waals surface area contributed by atoms with Crippen LogP contribution in [0.25, 0.3) is 11.0 Å². The summed E-state index contributed by atoms with van der Waals surface area (Å²) in [6.07, 6.45) is 2.09. The molecule has 7 nitrogen and oxygen atoms in total. The second-order valence-corrected chi connectivity index (χ2v) is 5.90. The van der Waals surface area contributed by atoms with Gasteiger partial charge in [-0.3, -0.25) is 4.79 Å². The van der Waals surface area contributed by atoms with Gasteiger partial charge in [-0.1, -0.05) is 24.6 Å². The Morgan fingerprint density at radius 3 is 2.84 bits per heavy atom. The molecule has 2 aromatic heterocycles. The number of benzene rings is 1. The highest BCUT2D eigenvalue weighted by molar-refractivity contribution is 5.99. The molecule has 1 amide bonds. The summed E-state index contributed by atoms with van der Waals surface area (Å²) in [4.78, 5) is 12.4. The zero-order valence-corrected chi connectivity index (χ0v) is 14.6. The summed E-state index contributed by atoms with van der Waals surface area (Å²) in [6, 6.07) is 6.06. The quantitative estimate of drug-likeness (QED) is 0.663. The summed E-state index contributed by atoms with van der Waals surface area (Å²) in [5.41, 5.74) is 3.39. The van der Waals surface area contributed by atoms with E-state index in [0.717, 1.165) is 29.4 Å². The molecule has 1 N–H and O–H groups in total. The van der Waals surface area contributed by atoms with Crippen molar-refractivity contribution in [3.05, 3.63) is 40.8 Å². The van der Waals surface area contributed by atoms with E-state index in [0.29, 0.717) is 23.9 Å². The van der Waals surface area contributed by atoms with E-state index in [1.807, 2.05) is 19.1 Å². The molecule has 7 heteroatoms. The smallest absolute Gasteiger partial charge is 0.287 e. The van der Waals surface area contributed by atoms with Crippen LogP contribution in [0.1, 0.15) is 40.7 Å². The number of carbonyl (C=O) groups excluding carboxylic acids is 1. The van der Waals surface area contributed by atoms with E-state index in [1.165, 1.54) is 5.56 Å². The molecule has 132 valence electrons. The van der Waals surface area contributed by atoms with Crippen LogP contribution >= 0.6 is 0 Å². The molecular formula is C18H21N3O4. The van der Waals surface area contributed by atoms with Gasteiger partial charge in [0.05, 0.1) is 6.54 Å². The second kappa shape index (κ2) is 7.38. The lowest BCUT2D eigenvalue weighted by atomic mass is 10.1. The Labute approximate surface area is 145 Å². The summed E-state index contributed by atoms with van der Waals surface area (Å²) in [5.74, 6) is 0.407. The maximum atomic E-state index is 12.4. The molecule has 1 aromatic carbocycles. The van der Waals surface area contributed by atoms with Gasteiger partial charge in [-0.25, -0.2) is 4.63 Å². The predicted molar refractivity (Wildman–Crippen MR) is 91.8 cm³/mol. The fourth-order valence-corrected chi connectivity index (χ4v) is 2.68. The number of aromatic nitrogens is 2. The third-order valence-electron chi connectivity index (χ3n) is 3.98. The van der Waals surface area contributed by atoms with Crippen LogP contribution < -0.4 is 10.1 Å². The summed E-state index contributed by atoms with van der Waals surface area (Å²) in [5, 5.41) is 11.0. The standard InChI is InChI=1S/C18H21N3O4/c1-4-5-13-6-7-15-14(10-13)11(2)16(24-15)17(22)19-8-9-23-18-12(3)20-25-21-18/h6-7,10H,4-5,8-9H2,1-3H3,(H,19,22). The van der Waals surface area contributed by atoms with Gasteiger partial charge < -0.3 is 14.5 Å². The van der Waals surface area contributed by atoms with Crippen LogP contribution in [0.3, 0.4) is 0 Å². The number of furan rings is 1. The zero-order chi connectivity index (χ0) is 17.8. The number of aryl methyl sites for hydroxylation is 3. The van der Waals surface area contributed by atoms with E-state index in [2.05, 4.69) is 33.2 Å². The SMILES string of the molecule is CCCc1ccc2oc(C(=O)NCCOc3nonc3C)c(C)c2c1. The van der Waals surface area contributed by atoms with Crippen LogP contribution in [0.15, 0.2) is 27.2 Å². The monoisotopic (exact) mass is 343 g/mol. The predicted octanol–water partition coefficient (Wildman–Crippen LogP) is 3.19. The van der Waals surface area contributed by atoms with Gasteiger partial charge in [0, 0.05) is 10.9 Å². The Bertz CT molecular complexity index is 882. The molecule has 0 unspecified atom stereocenters. The molecule has 25 heavy (non-hydrogen) atoms. The first-order chi connectivity index (χ1) is 12.1. The van der Waals surface area contributed by atoms with Gasteiger partial charge in [0.25, 0.3) is 11.8 Å². The van der Waals surface area contributed by atoms with Crippen LogP contribution in [0.5, 0.6) is 5.88 Å². The third-order valence-corrected chi connectivity index (χ3v) is 3.98. The number of rotatable bonds is 7. The largest absolute Gasteiger partial charge is 0.472 e. The molecule has 0 fully saturated rings. The molecule has 0 aliphatic rings. The first kappa shape index (κ1) is 17.0. The van der Waals surface area contributed by atoms with Gasteiger partial charge in [-0.05, 0) is 43.1 Å². The van der Waals surface area contributed by atoms with Crippen molar-refractivity contribution in [2.75, 3.05) is 13.2 Å². The number of fused-ring (bicyclic) bond motifs is 1. The zero-order valence-electron chi connectivity index (χ0n) is 14.6. The molecule has 0 aliphatic carbocycles. The van der Waals surface area contributed by atoms with Crippen LogP contribution in [-0.2, 0) is 6.42 Å². The van der Waals surface area contributed by atoms with Crippen molar-refractivity contribution < 1.29 is 18.6 Å². The minimum atomic E-state index is -0.260. The van der Waals surface area contributed by atoms with E-state index < -0.39 is 0 Å². The summed E-state index contributed by atoms with van der Waals surface area (Å²) in [6.45, 7) is 6.36. The van der Waals surface area contributed by atoms with Crippen molar-refractivity contribution in [3.63, 3.8) is 0 Å². The molecule has 0 atom stereocenters. The number of nitrogens with zero attached hydrogens (tertiary/aromatic N) is 2. The normalized spacial score (nSPS) is 11.0. The van der Waals surface area contributed by atoms with Crippen molar-refractivity contribution >= 4 is 16.9 Å². The Balaban J connectivity index is 1.63. The van der Waals surface area contributed by atoms with E-state index in [1.54, 1.807) is 6.92 Å². The van der Waals surface area contributed by atoms with E-state index in [9.17, 15) is 4.79 Å². The molecule has 0 saturated carbocycles. The number of carbonyl (C=O) groups is 1. The van der Waals surface area contributed by atoms with Crippen LogP contribution in [0.4, 0.5) is 0 Å². The van der Waals surface area contributed by atoms with Gasteiger partial charge in [-0.2, -0.15) is 0 Å². The average Bonchev–Trinajstić information content (AvgIpc) is 3.16. The van der Waals surface area contributed by atoms with Gasteiger partial charge in [0.1, 0.15) is 17.9 Å². The molecule has 3 aromatic rings. The van der Waals surface area contributed by atoms with Crippen molar-refractivity contribution in [3.8, 4) is 5.88 Å². The minimum Gasteiger partial charge on any atom is -0.472 e. The van der Waals surface area contributed by atoms with Crippen molar-refractivity contribution in [1.82, 2.24) is 15.6 Å². The van der Waals surface area contributed by atoms with Crippen molar-refractivity contribution in [2.45, 2.75) is 33.6 Å². The van der Waals surface area contributed by atoms with E-state index in [-0.39, 0.29) is 12.5 Å². The topological polar surface area (TPSA) is 90.4 Å². The lowest BCUT2D eigenvalue weighted by Crippen LogP contribution is -2.28. The molecular weight excluding hydrogens is 322 g/mol. The number of hydrogen-bond acceptors (Lipinski definition) is 6. The highest BCUT2D eigenvalue weighted by Crippen LogP contribution is 2.26. The van der Waals surface area contributed by atoms with Gasteiger partial charge >= 0.3 is 0 Å². The number of hydrogen-bond donors (Lipinski definition) is 1. The highest BCUT2D eigenvalue weighted by Gasteiger charge is 2.17. The summed E-state index contributed by atoms with van der Waals surface area (Å²) < 4.78 is 15.6.